The van der Waals surface area contributed by atoms with Crippen LogP contribution in [0.2, 0.25) is 0 Å². The number of carbonyl (C=O) groups is 1. The lowest BCUT2D eigenvalue weighted by atomic mass is 10.1. The number of piperidine rings is 1. The first-order chi connectivity index (χ1) is 16.5. The predicted molar refractivity (Wildman–Crippen MR) is 123 cm³/mol. The van der Waals surface area contributed by atoms with Crippen molar-refractivity contribution < 1.29 is 27.4 Å². The average molecular weight is 508 g/mol. The van der Waals surface area contributed by atoms with Crippen LogP contribution >= 0.6 is 11.3 Å². The van der Waals surface area contributed by atoms with E-state index in [0.29, 0.717) is 47.5 Å². The molecule has 0 unspecified atom stereocenters. The Bertz CT molecular complexity index is 1180. The Hall–Kier alpha value is -3.28. The van der Waals surface area contributed by atoms with E-state index in [1.165, 1.54) is 36.5 Å². The lowest BCUT2D eigenvalue weighted by molar-refractivity contribution is -0.154. The van der Waals surface area contributed by atoms with Gasteiger partial charge in [-0.3, -0.25) is 4.79 Å². The average Bonchev–Trinajstić information content (AvgIpc) is 3.30. The molecule has 8 nitrogen and oxygen atoms in total. The molecule has 0 N–H and O–H groups in total. The van der Waals surface area contributed by atoms with E-state index in [4.69, 9.17) is 9.47 Å². The van der Waals surface area contributed by atoms with Gasteiger partial charge in [0.15, 0.2) is 21.4 Å². The van der Waals surface area contributed by atoms with Crippen molar-refractivity contribution in [2.45, 2.75) is 51.5 Å². The summed E-state index contributed by atoms with van der Waals surface area (Å²) >= 11 is 1.27. The van der Waals surface area contributed by atoms with Crippen LogP contribution < -0.4 is 9.64 Å². The minimum atomic E-state index is -4.46. The number of ether oxygens (including phenoxy) is 2. The number of rotatable bonds is 6. The second-order valence-corrected chi connectivity index (χ2v) is 9.57. The van der Waals surface area contributed by atoms with Crippen LogP contribution in [0, 0.1) is 0 Å². The molecular formula is C23H24F3N5O3S. The number of anilines is 1. The molecule has 0 amide bonds. The molecule has 1 aliphatic heterocycles. The topological polar surface area (TPSA) is 90.3 Å². The van der Waals surface area contributed by atoms with E-state index in [0.717, 1.165) is 6.07 Å². The van der Waals surface area contributed by atoms with Crippen LogP contribution in [0.3, 0.4) is 0 Å². The number of aromatic nitrogens is 4. The maximum atomic E-state index is 13.2. The van der Waals surface area contributed by atoms with Crippen LogP contribution in [0.15, 0.2) is 36.4 Å². The summed E-state index contributed by atoms with van der Waals surface area (Å²) < 4.78 is 50.7. The van der Waals surface area contributed by atoms with Crippen molar-refractivity contribution in [2.75, 3.05) is 18.0 Å². The summed E-state index contributed by atoms with van der Waals surface area (Å²) in [4.78, 5) is 13.3. The van der Waals surface area contributed by atoms with E-state index in [9.17, 15) is 18.0 Å². The van der Waals surface area contributed by atoms with Crippen molar-refractivity contribution in [3.05, 3.63) is 47.0 Å². The minimum Gasteiger partial charge on any atom is -0.490 e. The highest BCUT2D eigenvalue weighted by atomic mass is 32.1. The van der Waals surface area contributed by atoms with E-state index in [1.807, 2.05) is 11.0 Å². The second kappa shape index (κ2) is 9.76. The summed E-state index contributed by atoms with van der Waals surface area (Å²) in [7, 11) is 0. The van der Waals surface area contributed by atoms with Gasteiger partial charge in [0.25, 0.3) is 0 Å². The Morgan fingerprint density at radius 1 is 1.03 bits per heavy atom. The van der Waals surface area contributed by atoms with Gasteiger partial charge in [-0.25, -0.2) is 0 Å². The lowest BCUT2D eigenvalue weighted by Gasteiger charge is -2.33. The standard InChI is InChI=1S/C23H24F3N5O3S/c1-14(32)34-22(2,3)21-30-29-20(35-21)17-8-9-19(28-27-17)31-12-10-15(11-13-31)33-18-7-5-4-6-16(18)23(24,25)26/h4-9,15H,10-13H2,1-3H3. The summed E-state index contributed by atoms with van der Waals surface area (Å²) in [6.07, 6.45) is -3.66. The van der Waals surface area contributed by atoms with Crippen LogP contribution in [0.25, 0.3) is 10.7 Å². The van der Waals surface area contributed by atoms with Crippen LogP contribution in [0.4, 0.5) is 19.0 Å². The molecule has 3 heterocycles. The largest absolute Gasteiger partial charge is 0.490 e. The zero-order chi connectivity index (χ0) is 25.2. The van der Waals surface area contributed by atoms with Gasteiger partial charge in [0, 0.05) is 32.9 Å². The molecule has 0 radical (unpaired) electrons. The fourth-order valence-electron chi connectivity index (χ4n) is 3.77. The van der Waals surface area contributed by atoms with Gasteiger partial charge in [0.2, 0.25) is 0 Å². The van der Waals surface area contributed by atoms with Crippen molar-refractivity contribution in [3.63, 3.8) is 0 Å². The SMILES string of the molecule is CC(=O)OC(C)(C)c1nnc(-c2ccc(N3CCC(Oc4ccccc4C(F)(F)F)CC3)nn2)s1. The maximum Gasteiger partial charge on any atom is 0.419 e. The quantitative estimate of drug-likeness (QED) is 0.437. The Balaban J connectivity index is 1.37. The zero-order valence-corrected chi connectivity index (χ0v) is 20.2. The summed E-state index contributed by atoms with van der Waals surface area (Å²) in [5.41, 5.74) is -1.12. The van der Waals surface area contributed by atoms with E-state index in [1.54, 1.807) is 19.9 Å². The summed E-state index contributed by atoms with van der Waals surface area (Å²) in [6.45, 7) is 5.97. The zero-order valence-electron chi connectivity index (χ0n) is 19.4. The Morgan fingerprint density at radius 2 is 1.74 bits per heavy atom. The molecule has 2 aromatic heterocycles. The summed E-state index contributed by atoms with van der Waals surface area (Å²) in [5, 5.41) is 17.9. The van der Waals surface area contributed by atoms with Crippen molar-refractivity contribution in [1.29, 1.82) is 0 Å². The fraction of sp³-hybridized carbons (Fsp3) is 0.435. The molecule has 3 aromatic rings. The summed E-state index contributed by atoms with van der Waals surface area (Å²) in [5.74, 6) is 0.110. The Kier molecular flexibility index (Phi) is 6.93. The van der Waals surface area contributed by atoms with Crippen LogP contribution in [0.5, 0.6) is 5.75 Å². The molecule has 0 saturated carbocycles. The van der Waals surface area contributed by atoms with Crippen LogP contribution in [-0.4, -0.2) is 45.6 Å². The molecule has 35 heavy (non-hydrogen) atoms. The first-order valence-corrected chi connectivity index (χ1v) is 11.8. The number of halogens is 3. The molecule has 0 bridgehead atoms. The molecule has 0 aliphatic carbocycles. The van der Waals surface area contributed by atoms with Crippen molar-refractivity contribution in [2.24, 2.45) is 0 Å². The van der Waals surface area contributed by atoms with Crippen molar-refractivity contribution in [3.8, 4) is 16.5 Å². The van der Waals surface area contributed by atoms with Gasteiger partial charge in [-0.2, -0.15) is 13.2 Å². The highest BCUT2D eigenvalue weighted by Gasteiger charge is 2.35. The monoisotopic (exact) mass is 507 g/mol. The lowest BCUT2D eigenvalue weighted by Crippen LogP contribution is -2.39. The fourth-order valence-corrected chi connectivity index (χ4v) is 4.61. The predicted octanol–water partition coefficient (Wildman–Crippen LogP) is 4.86. The van der Waals surface area contributed by atoms with Crippen molar-refractivity contribution >= 4 is 23.1 Å². The van der Waals surface area contributed by atoms with Crippen molar-refractivity contribution in [1.82, 2.24) is 20.4 Å². The molecular weight excluding hydrogens is 483 g/mol. The first-order valence-electron chi connectivity index (χ1n) is 11.0. The summed E-state index contributed by atoms with van der Waals surface area (Å²) in [6, 6.07) is 8.87. The highest BCUT2D eigenvalue weighted by molar-refractivity contribution is 7.14. The number of benzene rings is 1. The maximum absolute atomic E-state index is 13.2. The Labute approximate surface area is 204 Å². The molecule has 1 saturated heterocycles. The minimum absolute atomic E-state index is 0.143. The van der Waals surface area contributed by atoms with Crippen LogP contribution in [0.1, 0.15) is 44.2 Å². The number of para-hydroxylation sites is 1. The number of hydrogen-bond acceptors (Lipinski definition) is 9. The molecule has 1 aromatic carbocycles. The second-order valence-electron chi connectivity index (χ2n) is 8.59. The molecule has 186 valence electrons. The molecule has 0 atom stereocenters. The van der Waals surface area contributed by atoms with E-state index < -0.39 is 23.3 Å². The van der Waals surface area contributed by atoms with Crippen LogP contribution in [-0.2, 0) is 21.3 Å². The molecule has 4 rings (SSSR count). The molecule has 0 spiro atoms. The normalized spacial score (nSPS) is 15.2. The highest BCUT2D eigenvalue weighted by Crippen LogP contribution is 2.37. The molecule has 1 fully saturated rings. The number of esters is 1. The third-order valence-corrected chi connectivity index (χ3v) is 6.71. The Morgan fingerprint density at radius 3 is 2.37 bits per heavy atom. The molecule has 12 heteroatoms. The first kappa shape index (κ1) is 24.8. The van der Waals surface area contributed by atoms with Gasteiger partial charge < -0.3 is 14.4 Å². The van der Waals surface area contributed by atoms with E-state index in [2.05, 4.69) is 20.4 Å². The van der Waals surface area contributed by atoms with Gasteiger partial charge in [0.1, 0.15) is 17.5 Å². The number of carbonyl (C=O) groups excluding carboxylic acids is 1. The molecule has 1 aliphatic rings. The van der Waals surface area contributed by atoms with Gasteiger partial charge >= 0.3 is 12.1 Å². The van der Waals surface area contributed by atoms with E-state index >= 15 is 0 Å². The smallest absolute Gasteiger partial charge is 0.419 e. The number of hydrogen-bond donors (Lipinski definition) is 0. The van der Waals surface area contributed by atoms with Gasteiger partial charge in [-0.05, 0) is 38.1 Å². The van der Waals surface area contributed by atoms with Gasteiger partial charge in [-0.15, -0.1) is 20.4 Å². The van der Waals surface area contributed by atoms with Gasteiger partial charge in [-0.1, -0.05) is 23.5 Å². The third kappa shape index (κ3) is 5.87. The third-order valence-electron chi connectivity index (χ3n) is 5.46. The van der Waals surface area contributed by atoms with E-state index in [-0.39, 0.29) is 11.9 Å². The number of nitrogens with zero attached hydrogens (tertiary/aromatic N) is 5. The number of alkyl halides is 3. The van der Waals surface area contributed by atoms with Gasteiger partial charge in [0.05, 0.1) is 5.56 Å².